The lowest BCUT2D eigenvalue weighted by Gasteiger charge is -2.24. The third kappa shape index (κ3) is 6.78. The van der Waals surface area contributed by atoms with Gasteiger partial charge in [-0.3, -0.25) is 9.59 Å². The average molecular weight is 476 g/mol. The monoisotopic (exact) mass is 475 g/mol. The molecule has 0 bridgehead atoms. The van der Waals surface area contributed by atoms with Gasteiger partial charge < -0.3 is 20.7 Å². The van der Waals surface area contributed by atoms with Gasteiger partial charge in [0, 0.05) is 31.2 Å². The van der Waals surface area contributed by atoms with E-state index in [0.29, 0.717) is 24.9 Å². The second-order valence-corrected chi connectivity index (χ2v) is 7.06. The van der Waals surface area contributed by atoms with Crippen LogP contribution in [0.1, 0.15) is 42.2 Å². The molecule has 2 aromatic carbocycles. The van der Waals surface area contributed by atoms with Crippen molar-refractivity contribution in [3.8, 4) is 11.5 Å². The topological polar surface area (TPSA) is 79.5 Å². The van der Waals surface area contributed by atoms with Gasteiger partial charge in [-0.05, 0) is 37.6 Å². The molecular formula is C21H25Cl2F2N3O3. The number of hydrogen-bond acceptors (Lipinski definition) is 4. The van der Waals surface area contributed by atoms with Gasteiger partial charge in [-0.1, -0.05) is 24.6 Å². The first-order valence-corrected chi connectivity index (χ1v) is 9.80. The second-order valence-electron chi connectivity index (χ2n) is 6.66. The number of hydrogen-bond donors (Lipinski definition) is 3. The van der Waals surface area contributed by atoms with Crippen LogP contribution in [0.15, 0.2) is 30.3 Å². The van der Waals surface area contributed by atoms with E-state index in [2.05, 4.69) is 16.0 Å². The van der Waals surface area contributed by atoms with Crippen LogP contribution in [0.5, 0.6) is 11.5 Å². The van der Waals surface area contributed by atoms with Crippen molar-refractivity contribution in [1.29, 1.82) is 0 Å². The van der Waals surface area contributed by atoms with Crippen molar-refractivity contribution in [2.45, 2.75) is 32.4 Å². The number of benzene rings is 2. The summed E-state index contributed by atoms with van der Waals surface area (Å²) in [5, 5.41) is 8.19. The molecule has 2 rings (SSSR count). The van der Waals surface area contributed by atoms with E-state index < -0.39 is 17.5 Å². The van der Waals surface area contributed by atoms with Crippen LogP contribution in [-0.4, -0.2) is 32.0 Å². The third-order valence-corrected chi connectivity index (χ3v) is 4.78. The lowest BCUT2D eigenvalue weighted by atomic mass is 10.0. The summed E-state index contributed by atoms with van der Waals surface area (Å²) in [5.41, 5.74) is 0.107. The minimum atomic E-state index is -0.727. The second kappa shape index (κ2) is 12.4. The summed E-state index contributed by atoms with van der Waals surface area (Å²) < 4.78 is 34.8. The van der Waals surface area contributed by atoms with Crippen molar-refractivity contribution in [2.75, 3.05) is 13.6 Å². The summed E-state index contributed by atoms with van der Waals surface area (Å²) in [7, 11) is 1.37. The van der Waals surface area contributed by atoms with Gasteiger partial charge in [-0.25, -0.2) is 8.78 Å². The molecule has 10 heteroatoms. The van der Waals surface area contributed by atoms with E-state index in [9.17, 15) is 14.0 Å². The van der Waals surface area contributed by atoms with Crippen LogP contribution in [0.3, 0.4) is 0 Å². The van der Waals surface area contributed by atoms with E-state index in [-0.39, 0.29) is 46.6 Å². The lowest BCUT2D eigenvalue weighted by Crippen LogP contribution is -2.38. The van der Waals surface area contributed by atoms with E-state index in [1.165, 1.54) is 25.2 Å². The number of carbonyl (C=O) groups is 2. The molecule has 0 saturated heterocycles. The Morgan fingerprint density at radius 2 is 1.97 bits per heavy atom. The molecule has 0 aliphatic heterocycles. The molecule has 3 N–H and O–H groups in total. The molecule has 2 atom stereocenters. The minimum absolute atomic E-state index is 0. The van der Waals surface area contributed by atoms with Crippen molar-refractivity contribution in [1.82, 2.24) is 16.0 Å². The zero-order valence-electron chi connectivity index (χ0n) is 17.3. The number of carbonyl (C=O) groups excluding carboxylic acids is 2. The molecule has 0 unspecified atom stereocenters. The molecule has 0 aliphatic carbocycles. The van der Waals surface area contributed by atoms with Gasteiger partial charge in [0.25, 0.3) is 5.91 Å². The van der Waals surface area contributed by atoms with Gasteiger partial charge in [0.1, 0.15) is 11.6 Å². The Hall–Kier alpha value is -2.42. The normalized spacial score (nSPS) is 12.3. The highest BCUT2D eigenvalue weighted by atomic mass is 35.5. The first-order valence-electron chi connectivity index (χ1n) is 9.42. The van der Waals surface area contributed by atoms with Crippen LogP contribution in [0.25, 0.3) is 0 Å². The third-order valence-electron chi connectivity index (χ3n) is 4.49. The Bertz CT molecular complexity index is 916. The largest absolute Gasteiger partial charge is 0.453 e. The molecule has 0 saturated carbocycles. The van der Waals surface area contributed by atoms with Gasteiger partial charge in [-0.15, -0.1) is 12.4 Å². The van der Waals surface area contributed by atoms with Crippen LogP contribution in [0.4, 0.5) is 8.78 Å². The van der Waals surface area contributed by atoms with Crippen molar-refractivity contribution in [3.63, 3.8) is 0 Å². The summed E-state index contributed by atoms with van der Waals surface area (Å²) in [6.07, 6.45) is 1.17. The standard InChI is InChI=1S/C21H24ClF2N3O3.ClH/c1-4-18(27-12(2)10-26-11-28)14-6-7-16(22)20(19(14)24)30-13-5-8-17(23)15(9-13)21(29)25-3;/h5-9,11-12,18,27H,4,10H2,1-3H3,(H,25,29)(H,26,28);1H/t12-,18+;/m0./s1. The van der Waals surface area contributed by atoms with Crippen molar-refractivity contribution >= 4 is 36.3 Å². The highest BCUT2D eigenvalue weighted by molar-refractivity contribution is 6.32. The van der Waals surface area contributed by atoms with Gasteiger partial charge >= 0.3 is 0 Å². The molecule has 0 aliphatic rings. The zero-order valence-corrected chi connectivity index (χ0v) is 18.9. The number of nitrogens with one attached hydrogen (secondary N) is 3. The summed E-state index contributed by atoms with van der Waals surface area (Å²) in [6, 6.07) is 6.14. The van der Waals surface area contributed by atoms with Crippen LogP contribution in [0.2, 0.25) is 5.02 Å². The van der Waals surface area contributed by atoms with Gasteiger partial charge in [0.15, 0.2) is 11.6 Å². The summed E-state index contributed by atoms with van der Waals surface area (Å²) in [6.45, 7) is 4.14. The van der Waals surface area contributed by atoms with Gasteiger partial charge in [0.05, 0.1) is 10.6 Å². The maximum Gasteiger partial charge on any atom is 0.254 e. The predicted molar refractivity (Wildman–Crippen MR) is 118 cm³/mol. The summed E-state index contributed by atoms with van der Waals surface area (Å²) >= 11 is 6.15. The molecular weight excluding hydrogens is 451 g/mol. The first kappa shape index (κ1) is 26.6. The first-order chi connectivity index (χ1) is 14.3. The van der Waals surface area contributed by atoms with Crippen LogP contribution in [0, 0.1) is 11.6 Å². The van der Waals surface area contributed by atoms with Crippen molar-refractivity contribution in [2.24, 2.45) is 0 Å². The maximum atomic E-state index is 15.3. The SMILES string of the molecule is CC[C@@H](N[C@@H](C)CNC=O)c1ccc(Cl)c(Oc2ccc(F)c(C(=O)NC)c2)c1F.Cl. The maximum absolute atomic E-state index is 15.3. The number of amides is 2. The fourth-order valence-electron chi connectivity index (χ4n) is 2.96. The number of rotatable bonds is 10. The molecule has 0 radical (unpaired) electrons. The lowest BCUT2D eigenvalue weighted by molar-refractivity contribution is -0.109. The molecule has 2 aromatic rings. The molecule has 31 heavy (non-hydrogen) atoms. The fraction of sp³-hybridized carbons (Fsp3) is 0.333. The minimum Gasteiger partial charge on any atom is -0.453 e. The van der Waals surface area contributed by atoms with Crippen molar-refractivity contribution in [3.05, 3.63) is 58.1 Å². The van der Waals surface area contributed by atoms with Crippen LogP contribution >= 0.6 is 24.0 Å². The van der Waals surface area contributed by atoms with Gasteiger partial charge in [-0.2, -0.15) is 0 Å². The van der Waals surface area contributed by atoms with E-state index in [1.54, 1.807) is 6.07 Å². The molecule has 170 valence electrons. The highest BCUT2D eigenvalue weighted by Gasteiger charge is 2.22. The average Bonchev–Trinajstić information content (AvgIpc) is 2.74. The number of ether oxygens (including phenoxy) is 1. The molecule has 0 spiro atoms. The Morgan fingerprint density at radius 1 is 1.26 bits per heavy atom. The van der Waals surface area contributed by atoms with Gasteiger partial charge in [0.2, 0.25) is 6.41 Å². The van der Waals surface area contributed by atoms with Crippen LogP contribution in [-0.2, 0) is 4.79 Å². The molecule has 0 aromatic heterocycles. The smallest absolute Gasteiger partial charge is 0.254 e. The summed E-state index contributed by atoms with van der Waals surface area (Å²) in [5.74, 6) is -2.18. The Morgan fingerprint density at radius 3 is 2.58 bits per heavy atom. The Kier molecular flexibility index (Phi) is 10.7. The van der Waals surface area contributed by atoms with Crippen molar-refractivity contribution < 1.29 is 23.1 Å². The summed E-state index contributed by atoms with van der Waals surface area (Å²) in [4.78, 5) is 22.3. The molecule has 2 amide bonds. The molecule has 0 heterocycles. The fourth-order valence-corrected chi connectivity index (χ4v) is 3.14. The Labute approximate surface area is 191 Å². The van der Waals surface area contributed by atoms with E-state index in [4.69, 9.17) is 16.3 Å². The van der Waals surface area contributed by atoms with Crippen LogP contribution < -0.4 is 20.7 Å². The van der Waals surface area contributed by atoms with E-state index >= 15 is 4.39 Å². The predicted octanol–water partition coefficient (Wildman–Crippen LogP) is 4.37. The molecule has 6 nitrogen and oxygen atoms in total. The van der Waals surface area contributed by atoms with E-state index in [0.717, 1.165) is 6.07 Å². The van der Waals surface area contributed by atoms with E-state index in [1.807, 2.05) is 13.8 Å². The highest BCUT2D eigenvalue weighted by Crippen LogP contribution is 2.37. The Balaban J connectivity index is 0.00000480. The number of halogens is 4. The zero-order chi connectivity index (χ0) is 22.3. The quantitative estimate of drug-likeness (QED) is 0.445. The molecule has 0 fully saturated rings.